The van der Waals surface area contributed by atoms with Crippen molar-refractivity contribution in [2.24, 2.45) is 0 Å². The molecular weight excluding hydrogens is 140 g/mol. The molecule has 0 heterocycles. The summed E-state index contributed by atoms with van der Waals surface area (Å²) in [5.74, 6) is 0. The van der Waals surface area contributed by atoms with Crippen LogP contribution in [0.25, 0.3) is 0 Å². The minimum atomic E-state index is 0.894. The second kappa shape index (κ2) is 3.47. The van der Waals surface area contributed by atoms with E-state index in [0.29, 0.717) is 0 Å². The molecule has 0 atom stereocenters. The minimum Gasteiger partial charge on any atom is -0.102 e. The lowest BCUT2D eigenvalue weighted by molar-refractivity contribution is 1.44. The van der Waals surface area contributed by atoms with Crippen LogP contribution < -0.4 is 0 Å². The highest BCUT2D eigenvalue weighted by Gasteiger charge is 2.03. The van der Waals surface area contributed by atoms with Gasteiger partial charge in [-0.15, -0.1) is 6.58 Å². The standard InChI is InChI=1S/C9H9S/c1-2-5-8-6-3-4-7-9(8)10/h2-6H,1,7H2. The SMILES string of the molecule is C=C[CH]C1=CC=CCC1=S. The number of hydrogen-bond acceptors (Lipinski definition) is 1. The van der Waals surface area contributed by atoms with Crippen LogP contribution in [0.2, 0.25) is 0 Å². The van der Waals surface area contributed by atoms with Crippen molar-refractivity contribution in [3.63, 3.8) is 0 Å². The van der Waals surface area contributed by atoms with E-state index in [1.165, 1.54) is 0 Å². The van der Waals surface area contributed by atoms with Gasteiger partial charge in [0.2, 0.25) is 0 Å². The van der Waals surface area contributed by atoms with Crippen molar-refractivity contribution in [2.75, 3.05) is 0 Å². The largest absolute Gasteiger partial charge is 0.102 e. The van der Waals surface area contributed by atoms with Crippen LogP contribution in [-0.2, 0) is 0 Å². The number of hydrogen-bond donors (Lipinski definition) is 0. The smallest absolute Gasteiger partial charge is 0.0228 e. The predicted octanol–water partition coefficient (Wildman–Crippen LogP) is 2.63. The summed E-state index contributed by atoms with van der Waals surface area (Å²) in [5.41, 5.74) is 1.12. The van der Waals surface area contributed by atoms with Crippen LogP contribution in [-0.4, -0.2) is 4.86 Å². The summed E-state index contributed by atoms with van der Waals surface area (Å²) in [7, 11) is 0. The van der Waals surface area contributed by atoms with E-state index >= 15 is 0 Å². The third-order valence-electron chi connectivity index (χ3n) is 1.33. The molecule has 1 radical (unpaired) electrons. The quantitative estimate of drug-likeness (QED) is 0.544. The first-order chi connectivity index (χ1) is 4.84. The molecule has 0 aromatic heterocycles. The molecule has 0 unspecified atom stereocenters. The van der Waals surface area contributed by atoms with Crippen molar-refractivity contribution in [1.82, 2.24) is 0 Å². The average molecular weight is 149 g/mol. The van der Waals surface area contributed by atoms with Gasteiger partial charge in [-0.2, -0.15) is 0 Å². The van der Waals surface area contributed by atoms with E-state index in [4.69, 9.17) is 12.2 Å². The fraction of sp³-hybridized carbons (Fsp3) is 0.111. The van der Waals surface area contributed by atoms with Crippen molar-refractivity contribution in [3.05, 3.63) is 42.9 Å². The Kier molecular flexibility index (Phi) is 2.57. The lowest BCUT2D eigenvalue weighted by atomic mass is 10.0. The lowest BCUT2D eigenvalue weighted by Crippen LogP contribution is -2.00. The Labute approximate surface area is 66.9 Å². The van der Waals surface area contributed by atoms with Crippen LogP contribution in [0.15, 0.2) is 36.5 Å². The first-order valence-corrected chi connectivity index (χ1v) is 3.61. The molecule has 0 N–H and O–H groups in total. The predicted molar refractivity (Wildman–Crippen MR) is 48.9 cm³/mol. The zero-order chi connectivity index (χ0) is 7.40. The fourth-order valence-corrected chi connectivity index (χ4v) is 1.07. The number of thiocarbonyl (C=S) groups is 1. The monoisotopic (exact) mass is 149 g/mol. The first-order valence-electron chi connectivity index (χ1n) is 3.20. The van der Waals surface area contributed by atoms with Gasteiger partial charge in [-0.3, -0.25) is 0 Å². The molecule has 51 valence electrons. The molecule has 0 aliphatic heterocycles. The molecule has 0 nitrogen and oxygen atoms in total. The van der Waals surface area contributed by atoms with E-state index in [1.54, 1.807) is 6.08 Å². The van der Waals surface area contributed by atoms with Crippen LogP contribution in [0.5, 0.6) is 0 Å². The van der Waals surface area contributed by atoms with Crippen LogP contribution in [0.3, 0.4) is 0 Å². The highest BCUT2D eigenvalue weighted by atomic mass is 32.1. The molecule has 1 rings (SSSR count). The maximum Gasteiger partial charge on any atom is 0.0228 e. The fourth-order valence-electron chi connectivity index (χ4n) is 0.833. The van der Waals surface area contributed by atoms with Crippen molar-refractivity contribution < 1.29 is 0 Å². The second-order valence-corrected chi connectivity index (χ2v) is 2.57. The maximum absolute atomic E-state index is 5.09. The summed E-state index contributed by atoms with van der Waals surface area (Å²) >= 11 is 5.09. The van der Waals surface area contributed by atoms with Gasteiger partial charge in [0.1, 0.15) is 0 Å². The molecule has 0 saturated heterocycles. The maximum atomic E-state index is 5.09. The molecular formula is C9H9S. The van der Waals surface area contributed by atoms with E-state index in [0.717, 1.165) is 16.9 Å². The molecule has 0 aromatic carbocycles. The zero-order valence-electron chi connectivity index (χ0n) is 5.71. The van der Waals surface area contributed by atoms with Crippen molar-refractivity contribution in [1.29, 1.82) is 0 Å². The molecule has 0 fully saturated rings. The van der Waals surface area contributed by atoms with Crippen LogP contribution >= 0.6 is 12.2 Å². The van der Waals surface area contributed by atoms with Gasteiger partial charge in [0, 0.05) is 17.7 Å². The second-order valence-electron chi connectivity index (χ2n) is 2.08. The molecule has 0 aromatic rings. The lowest BCUT2D eigenvalue weighted by Gasteiger charge is -2.06. The number of allylic oxidation sites excluding steroid dienone is 5. The molecule has 10 heavy (non-hydrogen) atoms. The molecule has 0 bridgehead atoms. The van der Waals surface area contributed by atoms with E-state index in [-0.39, 0.29) is 0 Å². The zero-order valence-corrected chi connectivity index (χ0v) is 6.53. The first kappa shape index (κ1) is 7.42. The Balaban J connectivity index is 2.70. The Bertz CT molecular complexity index is 209. The van der Waals surface area contributed by atoms with Crippen LogP contribution in [0.1, 0.15) is 6.42 Å². The van der Waals surface area contributed by atoms with Crippen molar-refractivity contribution in [2.45, 2.75) is 6.42 Å². The van der Waals surface area contributed by atoms with Gasteiger partial charge in [0.05, 0.1) is 0 Å². The number of rotatable bonds is 2. The van der Waals surface area contributed by atoms with E-state index in [9.17, 15) is 0 Å². The molecule has 0 amide bonds. The van der Waals surface area contributed by atoms with Crippen molar-refractivity contribution >= 4 is 17.1 Å². The summed E-state index contributed by atoms with van der Waals surface area (Å²) in [5, 5.41) is 0. The van der Waals surface area contributed by atoms with Gasteiger partial charge in [-0.25, -0.2) is 0 Å². The molecule has 1 aliphatic rings. The van der Waals surface area contributed by atoms with Gasteiger partial charge >= 0.3 is 0 Å². The van der Waals surface area contributed by atoms with Gasteiger partial charge in [-0.1, -0.05) is 36.5 Å². The Morgan fingerprint density at radius 3 is 3.00 bits per heavy atom. The van der Waals surface area contributed by atoms with Gasteiger partial charge < -0.3 is 0 Å². The Hall–Kier alpha value is -0.690. The topological polar surface area (TPSA) is 0 Å². The molecule has 0 spiro atoms. The van der Waals surface area contributed by atoms with Gasteiger partial charge in [-0.05, 0) is 5.57 Å². The van der Waals surface area contributed by atoms with Crippen molar-refractivity contribution in [3.8, 4) is 0 Å². The Morgan fingerprint density at radius 2 is 2.40 bits per heavy atom. The van der Waals surface area contributed by atoms with E-state index < -0.39 is 0 Å². The highest BCUT2D eigenvalue weighted by Crippen LogP contribution is 2.12. The highest BCUT2D eigenvalue weighted by molar-refractivity contribution is 7.80. The third-order valence-corrected chi connectivity index (χ3v) is 1.74. The summed E-state index contributed by atoms with van der Waals surface area (Å²) in [6, 6.07) is 0. The third kappa shape index (κ3) is 1.64. The van der Waals surface area contributed by atoms with Crippen LogP contribution in [0, 0.1) is 6.42 Å². The Morgan fingerprint density at radius 1 is 1.60 bits per heavy atom. The summed E-state index contributed by atoms with van der Waals surface area (Å²) < 4.78 is 0. The van der Waals surface area contributed by atoms with Gasteiger partial charge in [0.25, 0.3) is 0 Å². The molecule has 1 aliphatic carbocycles. The van der Waals surface area contributed by atoms with E-state index in [1.807, 2.05) is 18.6 Å². The minimum absolute atomic E-state index is 0.894. The van der Waals surface area contributed by atoms with E-state index in [2.05, 4.69) is 12.7 Å². The summed E-state index contributed by atoms with van der Waals surface area (Å²) in [6.07, 6.45) is 10.7. The normalized spacial score (nSPS) is 16.8. The summed E-state index contributed by atoms with van der Waals surface area (Å²) in [4.78, 5) is 1.00. The molecule has 0 saturated carbocycles. The van der Waals surface area contributed by atoms with Gasteiger partial charge in [0.15, 0.2) is 0 Å². The molecule has 1 heteroatoms. The summed E-state index contributed by atoms with van der Waals surface area (Å²) in [6.45, 7) is 3.61. The van der Waals surface area contributed by atoms with Crippen LogP contribution in [0.4, 0.5) is 0 Å². The average Bonchev–Trinajstić information content (AvgIpc) is 1.94.